The van der Waals surface area contributed by atoms with Crippen LogP contribution in [0.3, 0.4) is 0 Å². The number of nitrogens with zero attached hydrogens (tertiary/aromatic N) is 3. The molecule has 24 heavy (non-hydrogen) atoms. The molecule has 4 rings (SSSR count). The highest BCUT2D eigenvalue weighted by atomic mass is 32.1. The molecule has 2 fully saturated rings. The lowest BCUT2D eigenvalue weighted by atomic mass is 10.0. The van der Waals surface area contributed by atoms with Crippen LogP contribution in [0.25, 0.3) is 10.2 Å². The Morgan fingerprint density at radius 1 is 1.29 bits per heavy atom. The molecule has 1 aromatic carbocycles. The fourth-order valence-electron chi connectivity index (χ4n) is 3.69. The fourth-order valence-corrected chi connectivity index (χ4v) is 4.71. The summed E-state index contributed by atoms with van der Waals surface area (Å²) in [6.07, 6.45) is 2.52. The van der Waals surface area contributed by atoms with Crippen molar-refractivity contribution in [2.75, 3.05) is 50.9 Å². The van der Waals surface area contributed by atoms with Gasteiger partial charge in [-0.15, -0.1) is 0 Å². The molecular formula is C18H25N3O2S. The molecule has 1 aromatic heterocycles. The van der Waals surface area contributed by atoms with Gasteiger partial charge in [-0.2, -0.15) is 0 Å². The van der Waals surface area contributed by atoms with E-state index in [0.29, 0.717) is 12.6 Å². The lowest BCUT2D eigenvalue weighted by molar-refractivity contribution is 0.0137. The molecular weight excluding hydrogens is 322 g/mol. The van der Waals surface area contributed by atoms with Gasteiger partial charge in [-0.1, -0.05) is 17.4 Å². The summed E-state index contributed by atoms with van der Waals surface area (Å²) in [5.74, 6) is 0.902. The number of hydrogen-bond donors (Lipinski definition) is 0. The summed E-state index contributed by atoms with van der Waals surface area (Å²) in [4.78, 5) is 9.96. The van der Waals surface area contributed by atoms with Crippen LogP contribution in [0.1, 0.15) is 19.8 Å². The summed E-state index contributed by atoms with van der Waals surface area (Å²) in [5, 5.41) is 1.13. The van der Waals surface area contributed by atoms with Gasteiger partial charge < -0.3 is 14.4 Å². The first-order valence-corrected chi connectivity index (χ1v) is 9.76. The van der Waals surface area contributed by atoms with Gasteiger partial charge in [0, 0.05) is 32.2 Å². The third-order valence-electron chi connectivity index (χ3n) is 4.90. The number of anilines is 1. The molecule has 0 N–H and O–H groups in total. The van der Waals surface area contributed by atoms with Crippen LogP contribution in [0.4, 0.5) is 5.13 Å². The van der Waals surface area contributed by atoms with Gasteiger partial charge in [0.15, 0.2) is 5.13 Å². The Labute approximate surface area is 147 Å². The monoisotopic (exact) mass is 347 g/mol. The van der Waals surface area contributed by atoms with Gasteiger partial charge in [-0.25, -0.2) is 4.98 Å². The van der Waals surface area contributed by atoms with Crippen molar-refractivity contribution in [2.24, 2.45) is 0 Å². The molecule has 0 spiro atoms. The molecule has 1 unspecified atom stereocenters. The molecule has 0 bridgehead atoms. The van der Waals surface area contributed by atoms with Crippen LogP contribution >= 0.6 is 11.3 Å². The maximum atomic E-state index is 5.74. The minimum Gasteiger partial charge on any atom is -0.492 e. The van der Waals surface area contributed by atoms with Crippen LogP contribution in [0.5, 0.6) is 5.75 Å². The largest absolute Gasteiger partial charge is 0.492 e. The summed E-state index contributed by atoms with van der Waals surface area (Å²) < 4.78 is 12.5. The Morgan fingerprint density at radius 3 is 3.00 bits per heavy atom. The van der Waals surface area contributed by atoms with Crippen molar-refractivity contribution in [3.8, 4) is 5.75 Å². The second kappa shape index (κ2) is 7.25. The maximum Gasteiger partial charge on any atom is 0.186 e. The average Bonchev–Trinajstić information content (AvgIpc) is 3.08. The van der Waals surface area contributed by atoms with E-state index in [2.05, 4.69) is 21.9 Å². The van der Waals surface area contributed by atoms with Crippen LogP contribution in [0.2, 0.25) is 0 Å². The molecule has 0 radical (unpaired) electrons. The van der Waals surface area contributed by atoms with E-state index in [1.807, 2.05) is 13.0 Å². The zero-order valence-corrected chi connectivity index (χ0v) is 15.1. The van der Waals surface area contributed by atoms with Crippen molar-refractivity contribution in [3.63, 3.8) is 0 Å². The van der Waals surface area contributed by atoms with E-state index in [0.717, 1.165) is 55.8 Å². The van der Waals surface area contributed by atoms with E-state index in [1.165, 1.54) is 17.5 Å². The van der Waals surface area contributed by atoms with E-state index in [-0.39, 0.29) is 0 Å². The SMILES string of the molecule is CCOc1cccc2sc(N3CCCC(N4CCOCC4)C3)nc12. The smallest absolute Gasteiger partial charge is 0.186 e. The summed E-state index contributed by atoms with van der Waals surface area (Å²) >= 11 is 1.78. The van der Waals surface area contributed by atoms with Gasteiger partial charge in [0.25, 0.3) is 0 Å². The number of fused-ring (bicyclic) bond motifs is 1. The number of aromatic nitrogens is 1. The number of piperidine rings is 1. The van der Waals surface area contributed by atoms with Gasteiger partial charge in [0.05, 0.1) is 24.5 Å². The Kier molecular flexibility index (Phi) is 4.87. The third kappa shape index (κ3) is 3.23. The second-order valence-corrected chi connectivity index (χ2v) is 7.43. The van der Waals surface area contributed by atoms with E-state index in [9.17, 15) is 0 Å². The Morgan fingerprint density at radius 2 is 2.17 bits per heavy atom. The minimum absolute atomic E-state index is 0.626. The molecule has 5 nitrogen and oxygen atoms in total. The predicted molar refractivity (Wildman–Crippen MR) is 98.4 cm³/mol. The van der Waals surface area contributed by atoms with Crippen LogP contribution in [-0.2, 0) is 4.74 Å². The summed E-state index contributed by atoms with van der Waals surface area (Å²) in [6.45, 7) is 8.73. The van der Waals surface area contributed by atoms with Crippen molar-refractivity contribution in [1.29, 1.82) is 0 Å². The van der Waals surface area contributed by atoms with Crippen molar-refractivity contribution in [2.45, 2.75) is 25.8 Å². The standard InChI is InChI=1S/C18H25N3O2S/c1-2-23-15-6-3-7-16-17(15)19-18(24-16)21-8-4-5-14(13-21)20-9-11-22-12-10-20/h3,6-7,14H,2,4-5,8-13H2,1H3. The molecule has 0 saturated carbocycles. The van der Waals surface area contributed by atoms with Crippen molar-refractivity contribution in [3.05, 3.63) is 18.2 Å². The lowest BCUT2D eigenvalue weighted by Crippen LogP contribution is -2.51. The average molecular weight is 347 g/mol. The number of para-hydroxylation sites is 1. The van der Waals surface area contributed by atoms with Gasteiger partial charge in [-0.3, -0.25) is 4.90 Å². The zero-order valence-electron chi connectivity index (χ0n) is 14.2. The molecule has 2 aliphatic heterocycles. The summed E-state index contributed by atoms with van der Waals surface area (Å²) in [7, 11) is 0. The first kappa shape index (κ1) is 16.1. The number of rotatable bonds is 4. The zero-order chi connectivity index (χ0) is 16.4. The van der Waals surface area contributed by atoms with E-state index < -0.39 is 0 Å². The number of thiazole rings is 1. The maximum absolute atomic E-state index is 5.74. The summed E-state index contributed by atoms with van der Waals surface area (Å²) in [6, 6.07) is 6.84. The molecule has 2 aromatic rings. The van der Waals surface area contributed by atoms with Gasteiger partial charge >= 0.3 is 0 Å². The molecule has 0 aliphatic carbocycles. The van der Waals surface area contributed by atoms with Crippen LogP contribution < -0.4 is 9.64 Å². The highest BCUT2D eigenvalue weighted by molar-refractivity contribution is 7.22. The van der Waals surface area contributed by atoms with Gasteiger partial charge in [-0.05, 0) is 31.9 Å². The van der Waals surface area contributed by atoms with E-state index in [1.54, 1.807) is 11.3 Å². The minimum atomic E-state index is 0.626. The van der Waals surface area contributed by atoms with E-state index in [4.69, 9.17) is 14.5 Å². The molecule has 3 heterocycles. The van der Waals surface area contributed by atoms with Crippen molar-refractivity contribution < 1.29 is 9.47 Å². The lowest BCUT2D eigenvalue weighted by Gasteiger charge is -2.40. The van der Waals surface area contributed by atoms with Crippen LogP contribution in [-0.4, -0.2) is 61.9 Å². The number of ether oxygens (including phenoxy) is 2. The topological polar surface area (TPSA) is 37.8 Å². The van der Waals surface area contributed by atoms with Crippen LogP contribution in [0, 0.1) is 0 Å². The highest BCUT2D eigenvalue weighted by Crippen LogP contribution is 2.35. The third-order valence-corrected chi connectivity index (χ3v) is 5.98. The molecule has 0 amide bonds. The number of hydrogen-bond acceptors (Lipinski definition) is 6. The molecule has 6 heteroatoms. The quantitative estimate of drug-likeness (QED) is 0.850. The summed E-state index contributed by atoms with van der Waals surface area (Å²) in [5.41, 5.74) is 1.01. The van der Waals surface area contributed by atoms with Crippen molar-refractivity contribution in [1.82, 2.24) is 9.88 Å². The Bertz CT molecular complexity index is 684. The second-order valence-electron chi connectivity index (χ2n) is 6.42. The Balaban J connectivity index is 1.54. The number of benzene rings is 1. The van der Waals surface area contributed by atoms with Crippen molar-refractivity contribution >= 4 is 26.7 Å². The highest BCUT2D eigenvalue weighted by Gasteiger charge is 2.28. The van der Waals surface area contributed by atoms with E-state index >= 15 is 0 Å². The predicted octanol–water partition coefficient (Wildman–Crippen LogP) is 3.00. The molecule has 2 saturated heterocycles. The van der Waals surface area contributed by atoms with Gasteiger partial charge in [0.2, 0.25) is 0 Å². The Hall–Kier alpha value is -1.37. The molecule has 2 aliphatic rings. The molecule has 1 atom stereocenters. The van der Waals surface area contributed by atoms with Gasteiger partial charge in [0.1, 0.15) is 11.3 Å². The molecule has 130 valence electrons. The first-order chi connectivity index (χ1) is 11.8. The number of morpholine rings is 1. The van der Waals surface area contributed by atoms with Crippen LogP contribution in [0.15, 0.2) is 18.2 Å². The fraction of sp³-hybridized carbons (Fsp3) is 0.611. The first-order valence-electron chi connectivity index (χ1n) is 8.94. The normalized spacial score (nSPS) is 22.9.